The van der Waals surface area contributed by atoms with Gasteiger partial charge in [-0.05, 0) is 127 Å². The van der Waals surface area contributed by atoms with Crippen LogP contribution in [0.4, 0.5) is 0 Å². The highest BCUT2D eigenvalue weighted by Crippen LogP contribution is 2.62. The largest absolute Gasteiger partial charge is 0.457 e. The average molecular weight is 906 g/mol. The van der Waals surface area contributed by atoms with Crippen LogP contribution in [0.3, 0.4) is 0 Å². The van der Waals surface area contributed by atoms with Crippen molar-refractivity contribution in [3.63, 3.8) is 0 Å². The monoisotopic (exact) mass is 905 g/mol. The van der Waals surface area contributed by atoms with Crippen LogP contribution in [-0.4, -0.2) is 4.57 Å². The average Bonchev–Trinajstić information content (AvgIpc) is 3.93. The van der Waals surface area contributed by atoms with Gasteiger partial charge in [-0.25, -0.2) is 0 Å². The number of nitrogens with zero attached hydrogens (tertiary/aromatic N) is 1. The summed E-state index contributed by atoms with van der Waals surface area (Å²) in [5, 5.41) is 2.49. The van der Waals surface area contributed by atoms with E-state index in [9.17, 15) is 0 Å². The topological polar surface area (TPSA) is 14.2 Å². The van der Waals surface area contributed by atoms with Crippen LogP contribution in [0.25, 0.3) is 72.0 Å². The van der Waals surface area contributed by atoms with Gasteiger partial charge in [0, 0.05) is 33.5 Å². The van der Waals surface area contributed by atoms with Gasteiger partial charge in [0.05, 0.1) is 16.4 Å². The molecule has 2 heteroatoms. The third kappa shape index (κ3) is 6.63. The molecule has 71 heavy (non-hydrogen) atoms. The molecule has 2 heterocycles. The highest BCUT2D eigenvalue weighted by Gasteiger charge is 2.51. The zero-order valence-corrected chi connectivity index (χ0v) is 39.0. The summed E-state index contributed by atoms with van der Waals surface area (Å²) in [4.78, 5) is 0. The van der Waals surface area contributed by atoms with E-state index in [1.165, 1.54) is 105 Å². The Kier molecular flexibility index (Phi) is 9.60. The first kappa shape index (κ1) is 41.0. The predicted octanol–water partition coefficient (Wildman–Crippen LogP) is 17.6. The maximum Gasteiger partial charge on any atom is 0.132 e. The van der Waals surface area contributed by atoms with E-state index < -0.39 is 5.41 Å². The summed E-state index contributed by atoms with van der Waals surface area (Å²) in [6, 6.07) is 98.3. The summed E-state index contributed by atoms with van der Waals surface area (Å²) in [7, 11) is 0. The molecule has 0 fully saturated rings. The molecular weight excluding hydrogens is 859 g/mol. The molecule has 0 saturated heterocycles. The quantitative estimate of drug-likeness (QED) is 0.148. The molecule has 14 rings (SSSR count). The molecule has 12 aromatic rings. The van der Waals surface area contributed by atoms with Gasteiger partial charge in [-0.3, -0.25) is 0 Å². The number of ether oxygens (including phenoxy) is 1. The lowest BCUT2D eigenvalue weighted by Gasteiger charge is -2.39. The Morgan fingerprint density at radius 2 is 0.803 bits per heavy atom. The standard InChI is InChI=1S/C69H47NO/c1-4-16-47(17-5-1)49-29-33-51(34-30-49)59(52-35-31-50(32-36-52)48-18-6-2-7-19-48)42-46-28-39-56-57-40-37-54(53-38-41-66-60(44-53)58-22-10-13-25-65(58)70(66)55-20-8-3-9-21-55)45-64(57)69(63(56)43-46)61-23-11-14-26-67(61)71-68-27-15-12-24-62(68)69/h1-41,43-45,59H,42H2. The number of fused-ring (bicyclic) bond motifs is 12. The Morgan fingerprint density at radius 3 is 1.44 bits per heavy atom. The zero-order valence-electron chi connectivity index (χ0n) is 39.0. The predicted molar refractivity (Wildman–Crippen MR) is 293 cm³/mol. The maximum atomic E-state index is 6.83. The molecule has 1 aromatic heterocycles. The molecule has 0 radical (unpaired) electrons. The van der Waals surface area contributed by atoms with Crippen LogP contribution >= 0.6 is 0 Å². The van der Waals surface area contributed by atoms with Crippen molar-refractivity contribution in [1.82, 2.24) is 4.57 Å². The van der Waals surface area contributed by atoms with Gasteiger partial charge in [-0.15, -0.1) is 0 Å². The van der Waals surface area contributed by atoms with Crippen molar-refractivity contribution in [2.24, 2.45) is 0 Å². The molecule has 0 bridgehead atoms. The van der Waals surface area contributed by atoms with E-state index in [1.54, 1.807) is 0 Å². The first-order valence-electron chi connectivity index (χ1n) is 24.7. The lowest BCUT2D eigenvalue weighted by molar-refractivity contribution is 0.436. The van der Waals surface area contributed by atoms with Gasteiger partial charge in [0.15, 0.2) is 0 Å². The van der Waals surface area contributed by atoms with Crippen LogP contribution in [0.15, 0.2) is 267 Å². The van der Waals surface area contributed by atoms with Crippen molar-refractivity contribution in [2.45, 2.75) is 17.8 Å². The molecule has 1 aliphatic carbocycles. The van der Waals surface area contributed by atoms with Crippen molar-refractivity contribution in [3.8, 4) is 61.7 Å². The van der Waals surface area contributed by atoms with Gasteiger partial charge in [-0.2, -0.15) is 0 Å². The second-order valence-corrected chi connectivity index (χ2v) is 19.1. The van der Waals surface area contributed by atoms with Gasteiger partial charge in [0.25, 0.3) is 0 Å². The Morgan fingerprint density at radius 1 is 0.338 bits per heavy atom. The number of para-hydroxylation sites is 4. The summed E-state index contributed by atoms with van der Waals surface area (Å²) >= 11 is 0. The van der Waals surface area contributed by atoms with Gasteiger partial charge < -0.3 is 9.30 Å². The van der Waals surface area contributed by atoms with Crippen LogP contribution in [0.1, 0.15) is 44.9 Å². The first-order valence-corrected chi connectivity index (χ1v) is 24.7. The van der Waals surface area contributed by atoms with Crippen LogP contribution in [0.5, 0.6) is 11.5 Å². The number of hydrogen-bond donors (Lipinski definition) is 0. The summed E-state index contributed by atoms with van der Waals surface area (Å²) < 4.78 is 9.22. The molecule has 11 aromatic carbocycles. The molecule has 2 nitrogen and oxygen atoms in total. The SMILES string of the molecule is c1ccc(-c2ccc(C(Cc3ccc4c(c3)C3(c5ccccc5Oc5ccccc53)c3cc(-c5ccc6c(c5)c5ccccc5n6-c5ccccc5)ccc3-4)c3ccc(-c4ccccc4)cc3)cc2)cc1. The fraction of sp³-hybridized carbons (Fsp3) is 0.0435. The van der Waals surface area contributed by atoms with E-state index in [1.807, 2.05) is 0 Å². The van der Waals surface area contributed by atoms with Crippen LogP contribution in [0.2, 0.25) is 0 Å². The number of aromatic nitrogens is 1. The molecule has 0 N–H and O–H groups in total. The fourth-order valence-electron chi connectivity index (χ4n) is 12.0. The molecule has 1 aliphatic heterocycles. The smallest absolute Gasteiger partial charge is 0.132 e. The normalized spacial score (nSPS) is 12.9. The Bertz CT molecular complexity index is 3830. The van der Waals surface area contributed by atoms with Crippen molar-refractivity contribution in [2.75, 3.05) is 0 Å². The fourth-order valence-corrected chi connectivity index (χ4v) is 12.0. The van der Waals surface area contributed by atoms with Crippen molar-refractivity contribution >= 4 is 21.8 Å². The lowest BCUT2D eigenvalue weighted by atomic mass is 9.65. The van der Waals surface area contributed by atoms with E-state index in [-0.39, 0.29) is 5.92 Å². The zero-order chi connectivity index (χ0) is 46.9. The first-order chi connectivity index (χ1) is 35.2. The maximum absolute atomic E-state index is 6.83. The third-order valence-electron chi connectivity index (χ3n) is 15.3. The van der Waals surface area contributed by atoms with E-state index in [4.69, 9.17) is 4.74 Å². The minimum Gasteiger partial charge on any atom is -0.457 e. The van der Waals surface area contributed by atoms with Gasteiger partial charge in [0.2, 0.25) is 0 Å². The third-order valence-corrected chi connectivity index (χ3v) is 15.3. The van der Waals surface area contributed by atoms with Crippen molar-refractivity contribution in [1.29, 1.82) is 0 Å². The Hall–Kier alpha value is -8.98. The van der Waals surface area contributed by atoms with Gasteiger partial charge in [-0.1, -0.05) is 218 Å². The molecule has 0 amide bonds. The second kappa shape index (κ2) is 16.6. The van der Waals surface area contributed by atoms with E-state index in [0.29, 0.717) is 0 Å². The highest BCUT2D eigenvalue weighted by atomic mass is 16.5. The van der Waals surface area contributed by atoms with E-state index in [2.05, 4.69) is 271 Å². The summed E-state index contributed by atoms with van der Waals surface area (Å²) in [6.45, 7) is 0. The number of hydrogen-bond acceptors (Lipinski definition) is 1. The number of benzene rings is 11. The summed E-state index contributed by atoms with van der Waals surface area (Å²) in [5.74, 6) is 1.91. The molecule has 0 unspecified atom stereocenters. The molecular formula is C69H47NO. The van der Waals surface area contributed by atoms with Crippen LogP contribution in [-0.2, 0) is 11.8 Å². The molecule has 334 valence electrons. The van der Waals surface area contributed by atoms with Gasteiger partial charge in [0.1, 0.15) is 11.5 Å². The molecule has 0 saturated carbocycles. The molecule has 0 atom stereocenters. The lowest BCUT2D eigenvalue weighted by Crippen LogP contribution is -2.32. The van der Waals surface area contributed by atoms with E-state index >= 15 is 0 Å². The summed E-state index contributed by atoms with van der Waals surface area (Å²) in [6.07, 6.45) is 0.830. The molecule has 1 spiro atoms. The Balaban J connectivity index is 0.928. The molecule has 2 aliphatic rings. The van der Waals surface area contributed by atoms with Crippen molar-refractivity contribution in [3.05, 3.63) is 306 Å². The van der Waals surface area contributed by atoms with E-state index in [0.717, 1.165) is 23.6 Å². The van der Waals surface area contributed by atoms with Gasteiger partial charge >= 0.3 is 0 Å². The minimum absolute atomic E-state index is 0.117. The number of rotatable bonds is 8. The highest BCUT2D eigenvalue weighted by molar-refractivity contribution is 6.10. The minimum atomic E-state index is -0.625. The van der Waals surface area contributed by atoms with Crippen LogP contribution in [0, 0.1) is 0 Å². The van der Waals surface area contributed by atoms with Crippen LogP contribution < -0.4 is 4.74 Å². The second-order valence-electron chi connectivity index (χ2n) is 19.1. The van der Waals surface area contributed by atoms with Crippen molar-refractivity contribution < 1.29 is 4.74 Å². The summed E-state index contributed by atoms with van der Waals surface area (Å²) in [5.41, 5.74) is 21.5. The Labute approximate surface area is 414 Å².